The van der Waals surface area contributed by atoms with E-state index in [1.165, 1.54) is 13.0 Å². The molecule has 1 aromatic carbocycles. The normalized spacial score (nSPS) is 17.8. The van der Waals surface area contributed by atoms with E-state index in [1.807, 2.05) is 18.2 Å². The van der Waals surface area contributed by atoms with Crippen LogP contribution in [-0.4, -0.2) is 63.0 Å². The molecule has 0 unspecified atom stereocenters. The zero-order valence-electron chi connectivity index (χ0n) is 16.5. The number of ether oxygens (including phenoxy) is 3. The summed E-state index contributed by atoms with van der Waals surface area (Å²) in [6, 6.07) is 6.12. The first-order valence-electron chi connectivity index (χ1n) is 10.1. The maximum Gasteiger partial charge on any atom is 0.231 e. The molecular weight excluding hydrogens is 344 g/mol. The first kappa shape index (κ1) is 19.6. The summed E-state index contributed by atoms with van der Waals surface area (Å²) >= 11 is 0. The average molecular weight is 377 g/mol. The lowest BCUT2D eigenvalue weighted by Gasteiger charge is -2.32. The number of benzene rings is 1. The second-order valence-corrected chi connectivity index (χ2v) is 6.88. The lowest BCUT2D eigenvalue weighted by Crippen LogP contribution is -2.48. The Morgan fingerprint density at radius 1 is 1.22 bits per heavy atom. The highest BCUT2D eigenvalue weighted by Gasteiger charge is 2.19. The molecule has 0 aromatic heterocycles. The van der Waals surface area contributed by atoms with Crippen molar-refractivity contribution in [2.24, 2.45) is 4.99 Å². The average Bonchev–Trinajstić information content (AvgIpc) is 3.15. The van der Waals surface area contributed by atoms with Gasteiger partial charge in [-0.1, -0.05) is 6.92 Å². The summed E-state index contributed by atoms with van der Waals surface area (Å²) in [5.74, 6) is 3.15. The number of fused-ring (bicyclic) bond motifs is 1. The van der Waals surface area contributed by atoms with E-state index in [0.717, 1.165) is 55.7 Å². The Kier molecular flexibility index (Phi) is 7.45. The summed E-state index contributed by atoms with van der Waals surface area (Å²) in [6.07, 6.45) is 3.56. The molecule has 7 nitrogen and oxygen atoms in total. The topological polar surface area (TPSA) is 67.4 Å². The summed E-state index contributed by atoms with van der Waals surface area (Å²) in [6.45, 7) is 10.1. The van der Waals surface area contributed by atoms with Gasteiger partial charge in [0, 0.05) is 31.7 Å². The molecule has 0 amide bonds. The van der Waals surface area contributed by atoms with Gasteiger partial charge >= 0.3 is 0 Å². The molecule has 2 aliphatic rings. The van der Waals surface area contributed by atoms with Gasteiger partial charge in [0.05, 0.1) is 6.54 Å². The highest BCUT2D eigenvalue weighted by atomic mass is 16.7. The first-order valence-corrected chi connectivity index (χ1v) is 10.1. The molecule has 150 valence electrons. The molecule has 0 atom stereocenters. The van der Waals surface area contributed by atoms with E-state index in [2.05, 4.69) is 34.4 Å². The van der Waals surface area contributed by atoms with Gasteiger partial charge in [0.2, 0.25) is 6.79 Å². The van der Waals surface area contributed by atoms with Crippen molar-refractivity contribution >= 4 is 5.96 Å². The molecule has 0 spiro atoms. The van der Waals surface area contributed by atoms with Gasteiger partial charge in [-0.3, -0.25) is 0 Å². The molecule has 0 radical (unpaired) electrons. The first-order chi connectivity index (χ1) is 13.3. The summed E-state index contributed by atoms with van der Waals surface area (Å²) in [7, 11) is 0. The number of piperidine rings is 1. The third-order valence-electron chi connectivity index (χ3n) is 4.79. The lowest BCUT2D eigenvalue weighted by atomic mass is 10.1. The van der Waals surface area contributed by atoms with E-state index in [9.17, 15) is 0 Å². The van der Waals surface area contributed by atoms with E-state index < -0.39 is 0 Å². The van der Waals surface area contributed by atoms with Gasteiger partial charge in [-0.05, 0) is 44.9 Å². The van der Waals surface area contributed by atoms with Crippen LogP contribution in [0.5, 0.6) is 17.2 Å². The largest absolute Gasteiger partial charge is 0.492 e. The summed E-state index contributed by atoms with van der Waals surface area (Å²) < 4.78 is 16.5. The van der Waals surface area contributed by atoms with Crippen LogP contribution in [0, 0.1) is 0 Å². The summed E-state index contributed by atoms with van der Waals surface area (Å²) in [4.78, 5) is 7.19. The van der Waals surface area contributed by atoms with Crippen LogP contribution in [0.3, 0.4) is 0 Å². The van der Waals surface area contributed by atoms with Crippen molar-refractivity contribution in [2.45, 2.75) is 39.2 Å². The third-order valence-corrected chi connectivity index (χ3v) is 4.79. The van der Waals surface area contributed by atoms with Gasteiger partial charge in [-0.15, -0.1) is 0 Å². The van der Waals surface area contributed by atoms with Crippen LogP contribution in [-0.2, 0) is 0 Å². The van der Waals surface area contributed by atoms with E-state index in [0.29, 0.717) is 19.2 Å². The number of rotatable bonds is 8. The Morgan fingerprint density at radius 3 is 2.81 bits per heavy atom. The molecule has 3 rings (SSSR count). The Labute approximate surface area is 162 Å². The van der Waals surface area contributed by atoms with Crippen LogP contribution in [0.4, 0.5) is 0 Å². The number of nitrogens with zero attached hydrogens (tertiary/aromatic N) is 2. The minimum absolute atomic E-state index is 0.276. The molecular formula is C20H32N4O3. The molecule has 1 aromatic rings. The molecule has 7 heteroatoms. The summed E-state index contributed by atoms with van der Waals surface area (Å²) in [5, 5.41) is 6.90. The Bertz CT molecular complexity index is 615. The molecule has 2 aliphatic heterocycles. The molecule has 1 fully saturated rings. The summed E-state index contributed by atoms with van der Waals surface area (Å²) in [5.41, 5.74) is 0. The van der Waals surface area contributed by atoms with Crippen LogP contribution >= 0.6 is 0 Å². The van der Waals surface area contributed by atoms with Crippen molar-refractivity contribution in [1.82, 2.24) is 15.5 Å². The number of aliphatic imine (C=N–C) groups is 1. The van der Waals surface area contributed by atoms with Crippen LogP contribution in [0.1, 0.15) is 33.1 Å². The van der Waals surface area contributed by atoms with Crippen LogP contribution in [0.2, 0.25) is 0 Å². The van der Waals surface area contributed by atoms with Crippen molar-refractivity contribution in [3.05, 3.63) is 18.2 Å². The monoisotopic (exact) mass is 376 g/mol. The van der Waals surface area contributed by atoms with Crippen molar-refractivity contribution in [1.29, 1.82) is 0 Å². The van der Waals surface area contributed by atoms with Gasteiger partial charge < -0.3 is 29.7 Å². The molecule has 2 heterocycles. The predicted molar refractivity (Wildman–Crippen MR) is 107 cm³/mol. The molecule has 1 saturated heterocycles. The molecule has 2 N–H and O–H groups in total. The van der Waals surface area contributed by atoms with Crippen molar-refractivity contribution < 1.29 is 14.2 Å². The standard InChI is InChI=1S/C20H32N4O3/c1-3-10-24-11-7-16(8-12-24)23-20(21-4-2)22-9-13-25-17-5-6-18-19(14-17)27-15-26-18/h5-6,14,16H,3-4,7-13,15H2,1-2H3,(H2,21,22,23). The molecule has 0 aliphatic carbocycles. The quantitative estimate of drug-likeness (QED) is 0.412. The zero-order chi connectivity index (χ0) is 18.9. The van der Waals surface area contributed by atoms with Gasteiger partial charge in [0.15, 0.2) is 17.5 Å². The fourth-order valence-electron chi connectivity index (χ4n) is 3.42. The van der Waals surface area contributed by atoms with Crippen molar-refractivity contribution in [3.63, 3.8) is 0 Å². The van der Waals surface area contributed by atoms with Gasteiger partial charge in [0.25, 0.3) is 0 Å². The number of nitrogens with one attached hydrogen (secondary N) is 2. The van der Waals surface area contributed by atoms with Gasteiger partial charge in [-0.2, -0.15) is 0 Å². The number of guanidine groups is 1. The van der Waals surface area contributed by atoms with Crippen LogP contribution < -0.4 is 24.8 Å². The van der Waals surface area contributed by atoms with E-state index >= 15 is 0 Å². The fourth-order valence-corrected chi connectivity index (χ4v) is 3.42. The molecule has 0 saturated carbocycles. The second-order valence-electron chi connectivity index (χ2n) is 6.88. The Hall–Kier alpha value is -2.15. The molecule has 0 bridgehead atoms. The van der Waals surface area contributed by atoms with Gasteiger partial charge in [-0.25, -0.2) is 4.99 Å². The number of hydrogen-bond donors (Lipinski definition) is 2. The maximum absolute atomic E-state index is 5.79. The number of hydrogen-bond acceptors (Lipinski definition) is 5. The highest BCUT2D eigenvalue weighted by molar-refractivity contribution is 5.80. The SMILES string of the molecule is CCCN1CCC(NC(=NCCOc2ccc3c(c2)OCO3)NCC)CC1. The molecule has 27 heavy (non-hydrogen) atoms. The van der Waals surface area contributed by atoms with E-state index in [4.69, 9.17) is 14.2 Å². The lowest BCUT2D eigenvalue weighted by molar-refractivity contribution is 0.173. The van der Waals surface area contributed by atoms with Crippen molar-refractivity contribution in [3.8, 4) is 17.2 Å². The van der Waals surface area contributed by atoms with Crippen LogP contribution in [0.15, 0.2) is 23.2 Å². The van der Waals surface area contributed by atoms with Crippen molar-refractivity contribution in [2.75, 3.05) is 46.1 Å². The van der Waals surface area contributed by atoms with Gasteiger partial charge in [0.1, 0.15) is 12.4 Å². The smallest absolute Gasteiger partial charge is 0.231 e. The maximum atomic E-state index is 5.79. The fraction of sp³-hybridized carbons (Fsp3) is 0.650. The zero-order valence-corrected chi connectivity index (χ0v) is 16.5. The highest BCUT2D eigenvalue weighted by Crippen LogP contribution is 2.34. The van der Waals surface area contributed by atoms with Crippen LogP contribution in [0.25, 0.3) is 0 Å². The van der Waals surface area contributed by atoms with E-state index in [1.54, 1.807) is 0 Å². The minimum atomic E-state index is 0.276. The second kappa shape index (κ2) is 10.3. The number of likely N-dealkylation sites (tertiary alicyclic amines) is 1. The Morgan fingerprint density at radius 2 is 2.04 bits per heavy atom. The van der Waals surface area contributed by atoms with E-state index in [-0.39, 0.29) is 6.79 Å². The third kappa shape index (κ3) is 5.92. The predicted octanol–water partition coefficient (Wildman–Crippen LogP) is 2.22. The Balaban J connectivity index is 1.42. The minimum Gasteiger partial charge on any atom is -0.492 e.